The average Bonchev–Trinajstić information content (AvgIpc) is 3.00. The summed E-state index contributed by atoms with van der Waals surface area (Å²) >= 11 is 0. The van der Waals surface area contributed by atoms with E-state index in [1.807, 2.05) is 6.07 Å². The van der Waals surface area contributed by atoms with E-state index in [4.69, 9.17) is 5.26 Å². The van der Waals surface area contributed by atoms with Crippen molar-refractivity contribution in [3.63, 3.8) is 0 Å². The molecular formula is C14H20FN3O. The van der Waals surface area contributed by atoms with Gasteiger partial charge in [0.05, 0.1) is 18.7 Å². The van der Waals surface area contributed by atoms with Gasteiger partial charge in [-0.15, -0.1) is 0 Å². The van der Waals surface area contributed by atoms with Crippen LogP contribution in [0.4, 0.5) is 4.39 Å². The number of alkyl halides is 1. The highest BCUT2D eigenvalue weighted by atomic mass is 19.1. The second-order valence-corrected chi connectivity index (χ2v) is 6.07. The summed E-state index contributed by atoms with van der Waals surface area (Å²) in [4.78, 5) is 13.9. The van der Waals surface area contributed by atoms with Gasteiger partial charge in [0.15, 0.2) is 0 Å². The van der Waals surface area contributed by atoms with E-state index in [2.05, 4.69) is 5.32 Å². The fraction of sp³-hybridized carbons (Fsp3) is 0.857. The summed E-state index contributed by atoms with van der Waals surface area (Å²) in [7, 11) is 0. The second kappa shape index (κ2) is 5.09. The molecule has 3 rings (SSSR count). The zero-order valence-corrected chi connectivity index (χ0v) is 11.0. The molecule has 3 aliphatic rings. The molecule has 2 heterocycles. The number of nitrogens with zero attached hydrogens (tertiary/aromatic N) is 2. The number of nitriles is 1. The molecule has 19 heavy (non-hydrogen) atoms. The van der Waals surface area contributed by atoms with Crippen molar-refractivity contribution >= 4 is 5.91 Å². The largest absolute Gasteiger partial charge is 0.322 e. The Bertz CT molecular complexity index is 394. The molecule has 1 N–H and O–H groups in total. The first-order chi connectivity index (χ1) is 9.19. The first kappa shape index (κ1) is 12.9. The lowest BCUT2D eigenvalue weighted by Gasteiger charge is -2.24. The topological polar surface area (TPSA) is 56.1 Å². The van der Waals surface area contributed by atoms with Crippen LogP contribution in [-0.2, 0) is 4.79 Å². The van der Waals surface area contributed by atoms with E-state index >= 15 is 0 Å². The van der Waals surface area contributed by atoms with Crippen LogP contribution in [0, 0.1) is 17.2 Å². The third kappa shape index (κ3) is 2.34. The summed E-state index contributed by atoms with van der Waals surface area (Å²) in [5.41, 5.74) is 0. The Kier molecular flexibility index (Phi) is 3.44. The highest BCUT2D eigenvalue weighted by Crippen LogP contribution is 2.34. The average molecular weight is 265 g/mol. The second-order valence-electron chi connectivity index (χ2n) is 6.07. The number of hydrogen-bond acceptors (Lipinski definition) is 3. The maximum Gasteiger partial charge on any atom is 0.240 e. The molecule has 1 saturated carbocycles. The molecule has 3 fully saturated rings. The summed E-state index contributed by atoms with van der Waals surface area (Å²) in [6.07, 6.45) is 4.79. The number of nitrogens with one attached hydrogen (secondary N) is 1. The van der Waals surface area contributed by atoms with Crippen LogP contribution in [0.3, 0.4) is 0 Å². The fourth-order valence-electron chi connectivity index (χ4n) is 3.86. The van der Waals surface area contributed by atoms with Gasteiger partial charge in [-0.1, -0.05) is 12.8 Å². The highest BCUT2D eigenvalue weighted by molar-refractivity contribution is 5.83. The number of rotatable bonds is 1. The minimum atomic E-state index is -1.04. The molecule has 2 aliphatic heterocycles. The summed E-state index contributed by atoms with van der Waals surface area (Å²) < 4.78 is 13.4. The normalized spacial score (nSPS) is 41.9. The molecule has 5 unspecified atom stereocenters. The van der Waals surface area contributed by atoms with E-state index < -0.39 is 12.2 Å². The number of likely N-dealkylation sites (tertiary alicyclic amines) is 1. The van der Waals surface area contributed by atoms with Crippen LogP contribution < -0.4 is 5.32 Å². The van der Waals surface area contributed by atoms with Gasteiger partial charge in [-0.3, -0.25) is 4.79 Å². The Labute approximate surface area is 112 Å². The highest BCUT2D eigenvalue weighted by Gasteiger charge is 2.43. The van der Waals surface area contributed by atoms with Crippen LogP contribution in [0.5, 0.6) is 0 Å². The minimum Gasteiger partial charge on any atom is -0.322 e. The van der Waals surface area contributed by atoms with E-state index in [1.165, 1.54) is 24.2 Å². The van der Waals surface area contributed by atoms with Crippen LogP contribution in [0.25, 0.3) is 0 Å². The Balaban J connectivity index is 1.66. The van der Waals surface area contributed by atoms with Gasteiger partial charge in [0.25, 0.3) is 0 Å². The van der Waals surface area contributed by atoms with Gasteiger partial charge in [-0.05, 0) is 25.2 Å². The maximum atomic E-state index is 13.4. The monoisotopic (exact) mass is 265 g/mol. The predicted octanol–water partition coefficient (Wildman–Crippen LogP) is 1.37. The van der Waals surface area contributed by atoms with Gasteiger partial charge in [0.1, 0.15) is 12.2 Å². The van der Waals surface area contributed by atoms with Crippen molar-refractivity contribution in [3.05, 3.63) is 0 Å². The van der Waals surface area contributed by atoms with Crippen molar-refractivity contribution in [2.24, 2.45) is 5.92 Å². The molecule has 0 bridgehead atoms. The zero-order chi connectivity index (χ0) is 13.4. The minimum absolute atomic E-state index is 0.0684. The van der Waals surface area contributed by atoms with Crippen LogP contribution in [0.2, 0.25) is 0 Å². The van der Waals surface area contributed by atoms with E-state index in [0.717, 1.165) is 12.8 Å². The molecule has 4 nitrogen and oxygen atoms in total. The zero-order valence-electron chi connectivity index (χ0n) is 11.0. The lowest BCUT2D eigenvalue weighted by Crippen LogP contribution is -2.47. The molecule has 0 aromatic rings. The maximum absolute atomic E-state index is 13.4. The number of hydrogen-bond donors (Lipinski definition) is 1. The number of carbonyl (C=O) groups is 1. The van der Waals surface area contributed by atoms with Crippen molar-refractivity contribution < 1.29 is 9.18 Å². The molecule has 5 heteroatoms. The number of halogens is 1. The van der Waals surface area contributed by atoms with Gasteiger partial charge >= 0.3 is 0 Å². The molecule has 5 atom stereocenters. The number of fused-ring (bicyclic) bond motifs is 1. The van der Waals surface area contributed by atoms with Crippen molar-refractivity contribution in [3.8, 4) is 6.07 Å². The van der Waals surface area contributed by atoms with E-state index in [0.29, 0.717) is 12.0 Å². The van der Waals surface area contributed by atoms with Gasteiger partial charge in [-0.25, -0.2) is 4.39 Å². The third-order valence-electron chi connectivity index (χ3n) is 4.84. The van der Waals surface area contributed by atoms with E-state index in [-0.39, 0.29) is 24.9 Å². The van der Waals surface area contributed by atoms with Gasteiger partial charge < -0.3 is 10.2 Å². The molecule has 104 valence electrons. The van der Waals surface area contributed by atoms with Crippen LogP contribution in [0.1, 0.15) is 38.5 Å². The Morgan fingerprint density at radius 2 is 2.11 bits per heavy atom. The first-order valence-electron chi connectivity index (χ1n) is 7.29. The number of carbonyl (C=O) groups excluding carboxylic acids is 1. The molecule has 0 spiro atoms. The molecular weight excluding hydrogens is 245 g/mol. The third-order valence-corrected chi connectivity index (χ3v) is 4.84. The van der Waals surface area contributed by atoms with Crippen LogP contribution >= 0.6 is 0 Å². The fourth-order valence-corrected chi connectivity index (χ4v) is 3.86. The summed E-state index contributed by atoms with van der Waals surface area (Å²) in [5, 5.41) is 12.4. The van der Waals surface area contributed by atoms with Crippen molar-refractivity contribution in [2.45, 2.75) is 62.8 Å². The summed E-state index contributed by atoms with van der Waals surface area (Å²) in [5.74, 6) is 0.521. The number of amides is 1. The van der Waals surface area contributed by atoms with Crippen molar-refractivity contribution in [1.29, 1.82) is 5.26 Å². The molecule has 1 aliphatic carbocycles. The SMILES string of the molecule is N#CC1CC(F)CN1C(=O)C1CC2CCCCC2N1. The first-order valence-corrected chi connectivity index (χ1v) is 7.29. The Hall–Kier alpha value is -1.15. The van der Waals surface area contributed by atoms with Crippen molar-refractivity contribution in [1.82, 2.24) is 10.2 Å². The lowest BCUT2D eigenvalue weighted by atomic mass is 9.85. The van der Waals surface area contributed by atoms with Gasteiger partial charge in [0, 0.05) is 12.5 Å². The lowest BCUT2D eigenvalue weighted by molar-refractivity contribution is -0.133. The Morgan fingerprint density at radius 3 is 2.84 bits per heavy atom. The standard InChI is InChI=1S/C14H20FN3O/c15-10-6-11(7-16)18(8-10)14(19)13-5-9-3-1-2-4-12(9)17-13/h9-13,17H,1-6,8H2. The molecule has 0 aromatic carbocycles. The van der Waals surface area contributed by atoms with Crippen LogP contribution in [-0.4, -0.2) is 41.6 Å². The summed E-state index contributed by atoms with van der Waals surface area (Å²) in [6, 6.07) is 1.72. The molecule has 2 saturated heterocycles. The van der Waals surface area contributed by atoms with Crippen LogP contribution in [0.15, 0.2) is 0 Å². The van der Waals surface area contributed by atoms with Crippen molar-refractivity contribution in [2.75, 3.05) is 6.54 Å². The predicted molar refractivity (Wildman–Crippen MR) is 67.9 cm³/mol. The smallest absolute Gasteiger partial charge is 0.240 e. The Morgan fingerprint density at radius 1 is 1.32 bits per heavy atom. The molecule has 0 aromatic heterocycles. The quantitative estimate of drug-likeness (QED) is 0.779. The van der Waals surface area contributed by atoms with Gasteiger partial charge in [-0.2, -0.15) is 5.26 Å². The molecule has 0 radical (unpaired) electrons. The summed E-state index contributed by atoms with van der Waals surface area (Å²) in [6.45, 7) is 0.0879. The van der Waals surface area contributed by atoms with E-state index in [9.17, 15) is 9.18 Å². The van der Waals surface area contributed by atoms with E-state index in [1.54, 1.807) is 0 Å². The molecule has 1 amide bonds. The van der Waals surface area contributed by atoms with Gasteiger partial charge in [0.2, 0.25) is 5.91 Å².